The van der Waals surface area contributed by atoms with Crippen LogP contribution in [0.4, 0.5) is 0 Å². The predicted octanol–water partition coefficient (Wildman–Crippen LogP) is 1.05. The highest BCUT2D eigenvalue weighted by atomic mass is 32.1. The number of ether oxygens (including phenoxy) is 2. The van der Waals surface area contributed by atoms with Crippen molar-refractivity contribution in [2.24, 2.45) is 0 Å². The van der Waals surface area contributed by atoms with Gasteiger partial charge in [-0.3, -0.25) is 19.1 Å². The van der Waals surface area contributed by atoms with Crippen LogP contribution in [0.1, 0.15) is 12.6 Å². The molecule has 0 atom stereocenters. The number of amides is 1. The molecule has 0 unspecified atom stereocenters. The first kappa shape index (κ1) is 22.5. The molecule has 0 spiro atoms. The van der Waals surface area contributed by atoms with Crippen molar-refractivity contribution in [3.05, 3.63) is 73.9 Å². The number of hydrogen-bond acceptors (Lipinski definition) is 7. The third-order valence-corrected chi connectivity index (χ3v) is 6.13. The Labute approximate surface area is 194 Å². The first-order chi connectivity index (χ1) is 16.1. The quantitative estimate of drug-likeness (QED) is 0.562. The van der Waals surface area contributed by atoms with Gasteiger partial charge in [0.25, 0.3) is 11.5 Å². The molecule has 8 nitrogen and oxygen atoms in total. The third kappa shape index (κ3) is 4.87. The second-order valence-corrected chi connectivity index (χ2v) is 8.16. The summed E-state index contributed by atoms with van der Waals surface area (Å²) in [5, 5.41) is 9.94. The van der Waals surface area contributed by atoms with Crippen LogP contribution in [-0.4, -0.2) is 53.3 Å². The second-order valence-electron chi connectivity index (χ2n) is 7.13. The minimum Gasteiger partial charge on any atom is -0.494 e. The molecule has 168 valence electrons. The molecule has 9 heteroatoms. The van der Waals surface area contributed by atoms with Crippen LogP contribution in [-0.2, 0) is 9.53 Å². The number of hydrogen-bond donors (Lipinski definition) is 0. The summed E-state index contributed by atoms with van der Waals surface area (Å²) in [7, 11) is 0. The van der Waals surface area contributed by atoms with Gasteiger partial charge in [-0.25, -0.2) is 0 Å². The van der Waals surface area contributed by atoms with Crippen molar-refractivity contribution in [2.75, 3.05) is 32.9 Å². The van der Waals surface area contributed by atoms with Gasteiger partial charge in [0, 0.05) is 19.3 Å². The van der Waals surface area contributed by atoms with E-state index in [0.717, 1.165) is 11.3 Å². The summed E-state index contributed by atoms with van der Waals surface area (Å²) in [6.07, 6.45) is 3.30. The predicted molar refractivity (Wildman–Crippen MR) is 125 cm³/mol. The van der Waals surface area contributed by atoms with Crippen molar-refractivity contribution in [2.45, 2.75) is 6.92 Å². The van der Waals surface area contributed by atoms with Crippen molar-refractivity contribution < 1.29 is 14.3 Å². The van der Waals surface area contributed by atoms with Gasteiger partial charge in [-0.15, -0.1) is 11.3 Å². The van der Waals surface area contributed by atoms with Crippen molar-refractivity contribution in [3.8, 4) is 17.5 Å². The molecule has 1 amide bonds. The second kappa shape index (κ2) is 10.3. The number of benzene rings is 1. The summed E-state index contributed by atoms with van der Waals surface area (Å²) in [6, 6.07) is 14.4. The molecular formula is C24H22N4O4S. The largest absolute Gasteiger partial charge is 0.494 e. The van der Waals surface area contributed by atoms with Crippen LogP contribution < -0.4 is 19.5 Å². The fourth-order valence-electron chi connectivity index (χ4n) is 3.45. The van der Waals surface area contributed by atoms with Gasteiger partial charge in [0.15, 0.2) is 5.57 Å². The highest BCUT2D eigenvalue weighted by Gasteiger charge is 2.24. The molecule has 2 aromatic heterocycles. The van der Waals surface area contributed by atoms with Crippen LogP contribution in [0, 0.1) is 11.3 Å². The van der Waals surface area contributed by atoms with Crippen molar-refractivity contribution in [3.63, 3.8) is 0 Å². The van der Waals surface area contributed by atoms with Crippen LogP contribution in [0.25, 0.3) is 17.3 Å². The number of nitrogens with zero attached hydrogens (tertiary/aromatic N) is 4. The Balaban J connectivity index is 1.94. The Kier molecular flexibility index (Phi) is 6.98. The van der Waals surface area contributed by atoms with E-state index in [0.29, 0.717) is 54.6 Å². The van der Waals surface area contributed by atoms with Crippen molar-refractivity contribution >= 4 is 28.9 Å². The molecule has 0 bridgehead atoms. The SMILES string of the molecule is CCOc1ccc(-n2c(=O)/c(=C\c3ccccn3)s/c2=C(/C#N)C(=O)N2CCOCC2)cc1. The molecule has 1 aliphatic heterocycles. The van der Waals surface area contributed by atoms with E-state index in [1.807, 2.05) is 19.1 Å². The van der Waals surface area contributed by atoms with Crippen LogP contribution in [0.3, 0.4) is 0 Å². The molecule has 1 fully saturated rings. The highest BCUT2D eigenvalue weighted by Crippen LogP contribution is 2.14. The number of nitriles is 1. The lowest BCUT2D eigenvalue weighted by Crippen LogP contribution is -2.42. The van der Waals surface area contributed by atoms with Gasteiger partial charge in [-0.05, 0) is 49.4 Å². The van der Waals surface area contributed by atoms with E-state index in [9.17, 15) is 14.9 Å². The monoisotopic (exact) mass is 462 g/mol. The zero-order chi connectivity index (χ0) is 23.2. The lowest BCUT2D eigenvalue weighted by Gasteiger charge is -2.26. The average Bonchev–Trinajstić information content (AvgIpc) is 3.17. The molecule has 3 aromatic rings. The van der Waals surface area contributed by atoms with Crippen molar-refractivity contribution in [1.82, 2.24) is 14.5 Å². The number of aromatic nitrogens is 2. The number of thiazole rings is 1. The summed E-state index contributed by atoms with van der Waals surface area (Å²) in [6.45, 7) is 4.04. The average molecular weight is 463 g/mol. The number of carbonyl (C=O) groups excluding carboxylic acids is 1. The van der Waals surface area contributed by atoms with E-state index in [2.05, 4.69) is 4.98 Å². The van der Waals surface area contributed by atoms with Crippen LogP contribution in [0.5, 0.6) is 5.75 Å². The normalized spacial score (nSPS) is 15.2. The van der Waals surface area contributed by atoms with Gasteiger partial charge < -0.3 is 14.4 Å². The smallest absolute Gasteiger partial charge is 0.273 e. The number of pyridine rings is 1. The first-order valence-corrected chi connectivity index (χ1v) is 11.3. The van der Waals surface area contributed by atoms with Crippen LogP contribution in [0.2, 0.25) is 0 Å². The van der Waals surface area contributed by atoms with Crippen LogP contribution in [0.15, 0.2) is 53.5 Å². The third-order valence-electron chi connectivity index (χ3n) is 5.03. The maximum absolute atomic E-state index is 13.4. The van der Waals surface area contributed by atoms with E-state index < -0.39 is 5.91 Å². The van der Waals surface area contributed by atoms with E-state index in [4.69, 9.17) is 9.47 Å². The molecular weight excluding hydrogens is 440 g/mol. The number of rotatable bonds is 5. The molecule has 4 rings (SSSR count). The summed E-state index contributed by atoms with van der Waals surface area (Å²) in [5.74, 6) is 0.256. The molecule has 0 aliphatic carbocycles. The Bertz CT molecular complexity index is 1350. The van der Waals surface area contributed by atoms with Gasteiger partial charge in [0.2, 0.25) is 0 Å². The molecule has 0 radical (unpaired) electrons. The molecule has 1 aliphatic rings. The van der Waals surface area contributed by atoms with E-state index in [-0.39, 0.29) is 15.8 Å². The standard InChI is InChI=1S/C24H22N4O4S/c1-2-32-19-8-6-18(7-9-19)28-23(30)21(15-17-5-3-4-10-26-17)33-24(28)20(16-25)22(29)27-11-13-31-14-12-27/h3-10,15H,2,11-14H2,1H3/b21-15+,24-20-. The fourth-order valence-corrected chi connectivity index (χ4v) is 4.53. The minimum absolute atomic E-state index is 0.0754. The minimum atomic E-state index is -0.411. The highest BCUT2D eigenvalue weighted by molar-refractivity contribution is 7.07. The van der Waals surface area contributed by atoms with Gasteiger partial charge in [0.1, 0.15) is 16.5 Å². The Morgan fingerprint density at radius 1 is 1.24 bits per heavy atom. The first-order valence-electron chi connectivity index (χ1n) is 10.5. The van der Waals surface area contributed by atoms with Crippen LogP contribution >= 0.6 is 11.3 Å². The van der Waals surface area contributed by atoms with Gasteiger partial charge in [-0.2, -0.15) is 5.26 Å². The van der Waals surface area contributed by atoms with E-state index in [1.165, 1.54) is 4.57 Å². The Hall–Kier alpha value is -3.74. The van der Waals surface area contributed by atoms with Crippen molar-refractivity contribution in [1.29, 1.82) is 5.26 Å². The molecule has 1 saturated heterocycles. The molecule has 0 saturated carbocycles. The van der Waals surface area contributed by atoms with Gasteiger partial charge in [0.05, 0.1) is 35.7 Å². The molecule has 33 heavy (non-hydrogen) atoms. The summed E-state index contributed by atoms with van der Waals surface area (Å²) >= 11 is 1.10. The van der Waals surface area contributed by atoms with E-state index in [1.54, 1.807) is 53.6 Å². The Morgan fingerprint density at radius 2 is 2.00 bits per heavy atom. The Morgan fingerprint density at radius 3 is 2.64 bits per heavy atom. The maximum Gasteiger partial charge on any atom is 0.273 e. The molecule has 3 heterocycles. The fraction of sp³-hybridized carbons (Fsp3) is 0.250. The maximum atomic E-state index is 13.4. The molecule has 1 aromatic carbocycles. The number of carbonyl (C=O) groups is 1. The lowest BCUT2D eigenvalue weighted by atomic mass is 10.2. The topological polar surface area (TPSA) is 97.4 Å². The molecule has 0 N–H and O–H groups in total. The zero-order valence-electron chi connectivity index (χ0n) is 18.1. The lowest BCUT2D eigenvalue weighted by molar-refractivity contribution is -0.128. The van der Waals surface area contributed by atoms with E-state index >= 15 is 0 Å². The van der Waals surface area contributed by atoms with Gasteiger partial charge >= 0.3 is 0 Å². The summed E-state index contributed by atoms with van der Waals surface area (Å²) in [4.78, 5) is 32.5. The van der Waals surface area contributed by atoms with Gasteiger partial charge in [-0.1, -0.05) is 6.07 Å². The number of morpholine rings is 1. The summed E-state index contributed by atoms with van der Waals surface area (Å²) < 4.78 is 12.9. The summed E-state index contributed by atoms with van der Waals surface area (Å²) in [5.41, 5.74) is 0.748. The zero-order valence-corrected chi connectivity index (χ0v) is 18.9.